The molecule has 1 fully saturated rings. The average Bonchev–Trinajstić information content (AvgIpc) is 3.27. The lowest BCUT2D eigenvalue weighted by Crippen LogP contribution is -2.47. The molecule has 1 aliphatic rings. The molecular weight excluding hydrogens is 358 g/mol. The van der Waals surface area contributed by atoms with Crippen LogP contribution in [0, 0.1) is 13.8 Å². The highest BCUT2D eigenvalue weighted by atomic mass is 32.1. The van der Waals surface area contributed by atoms with E-state index >= 15 is 0 Å². The number of para-hydroxylation sites is 1. The maximum Gasteiger partial charge on any atom is 0.186 e. The summed E-state index contributed by atoms with van der Waals surface area (Å²) in [5.74, 6) is 1.77. The number of nitrogens with zero attached hydrogens (tertiary/aromatic N) is 7. The largest absolute Gasteiger partial charge is 0.352 e. The molecule has 0 spiro atoms. The summed E-state index contributed by atoms with van der Waals surface area (Å²) in [7, 11) is 1.92. The van der Waals surface area contributed by atoms with Gasteiger partial charge in [0.05, 0.1) is 21.8 Å². The molecule has 138 valence electrons. The van der Waals surface area contributed by atoms with Gasteiger partial charge < -0.3 is 9.80 Å². The molecule has 27 heavy (non-hydrogen) atoms. The van der Waals surface area contributed by atoms with Gasteiger partial charge in [0.1, 0.15) is 11.6 Å². The number of hydrogen-bond acceptors (Lipinski definition) is 7. The molecule has 1 saturated heterocycles. The SMILES string of the molecule is Cc1nc(N2CCN(c3nc4c(C)cccc4s3)CC2)c2cnn(C)c2n1. The Bertz CT molecular complexity index is 1140. The lowest BCUT2D eigenvalue weighted by atomic mass is 10.2. The highest BCUT2D eigenvalue weighted by Gasteiger charge is 2.23. The van der Waals surface area contributed by atoms with Crippen molar-refractivity contribution in [1.82, 2.24) is 24.7 Å². The maximum absolute atomic E-state index is 4.89. The molecule has 1 aromatic carbocycles. The van der Waals surface area contributed by atoms with Crippen molar-refractivity contribution in [2.75, 3.05) is 36.0 Å². The third kappa shape index (κ3) is 2.71. The first-order chi connectivity index (χ1) is 13.1. The number of aromatic nitrogens is 5. The summed E-state index contributed by atoms with van der Waals surface area (Å²) < 4.78 is 3.07. The van der Waals surface area contributed by atoms with E-state index in [4.69, 9.17) is 9.97 Å². The molecule has 1 aliphatic heterocycles. The summed E-state index contributed by atoms with van der Waals surface area (Å²) in [5.41, 5.74) is 3.26. The normalized spacial score (nSPS) is 15.2. The summed E-state index contributed by atoms with van der Waals surface area (Å²) in [5, 5.41) is 6.49. The molecule has 0 unspecified atom stereocenters. The van der Waals surface area contributed by atoms with Crippen molar-refractivity contribution in [1.29, 1.82) is 0 Å². The Hall–Kier alpha value is -2.74. The number of thiazole rings is 1. The second kappa shape index (κ2) is 6.16. The third-order valence-electron chi connectivity index (χ3n) is 5.14. The molecule has 0 radical (unpaired) electrons. The van der Waals surface area contributed by atoms with Crippen LogP contribution in [-0.2, 0) is 7.05 Å². The monoisotopic (exact) mass is 379 g/mol. The fourth-order valence-corrected chi connectivity index (χ4v) is 4.77. The molecule has 5 rings (SSSR count). The zero-order valence-corrected chi connectivity index (χ0v) is 16.5. The number of hydrogen-bond donors (Lipinski definition) is 0. The Labute approximate surface area is 161 Å². The molecule has 0 bridgehead atoms. The highest BCUT2D eigenvalue weighted by Crippen LogP contribution is 2.32. The maximum atomic E-state index is 4.89. The van der Waals surface area contributed by atoms with Gasteiger partial charge in [0, 0.05) is 33.2 Å². The van der Waals surface area contributed by atoms with Crippen molar-refractivity contribution in [2.45, 2.75) is 13.8 Å². The van der Waals surface area contributed by atoms with Gasteiger partial charge in [-0.3, -0.25) is 4.68 Å². The number of piperazine rings is 1. The van der Waals surface area contributed by atoms with Gasteiger partial charge >= 0.3 is 0 Å². The van der Waals surface area contributed by atoms with Crippen LogP contribution in [0.25, 0.3) is 21.3 Å². The van der Waals surface area contributed by atoms with E-state index in [-0.39, 0.29) is 0 Å². The molecule has 3 aromatic heterocycles. The lowest BCUT2D eigenvalue weighted by molar-refractivity contribution is 0.647. The zero-order chi connectivity index (χ0) is 18.5. The Balaban J connectivity index is 1.41. The van der Waals surface area contributed by atoms with Crippen molar-refractivity contribution in [3.63, 3.8) is 0 Å². The first-order valence-electron chi connectivity index (χ1n) is 9.12. The molecule has 0 amide bonds. The Morgan fingerprint density at radius 2 is 1.74 bits per heavy atom. The van der Waals surface area contributed by atoms with Gasteiger partial charge in [0.25, 0.3) is 0 Å². The van der Waals surface area contributed by atoms with E-state index in [0.29, 0.717) is 0 Å². The highest BCUT2D eigenvalue weighted by molar-refractivity contribution is 7.22. The van der Waals surface area contributed by atoms with Gasteiger partial charge in [-0.05, 0) is 25.5 Å². The average molecular weight is 379 g/mol. The van der Waals surface area contributed by atoms with Gasteiger partial charge in [-0.25, -0.2) is 15.0 Å². The third-order valence-corrected chi connectivity index (χ3v) is 6.22. The Morgan fingerprint density at radius 3 is 2.52 bits per heavy atom. The Morgan fingerprint density at radius 1 is 0.963 bits per heavy atom. The summed E-state index contributed by atoms with van der Waals surface area (Å²) >= 11 is 1.78. The molecular formula is C19H21N7S. The summed E-state index contributed by atoms with van der Waals surface area (Å²) in [6, 6.07) is 6.39. The van der Waals surface area contributed by atoms with Crippen molar-refractivity contribution >= 4 is 43.5 Å². The zero-order valence-electron chi connectivity index (χ0n) is 15.7. The van der Waals surface area contributed by atoms with E-state index in [2.05, 4.69) is 45.0 Å². The van der Waals surface area contributed by atoms with Gasteiger partial charge in [-0.1, -0.05) is 23.5 Å². The fraction of sp³-hybridized carbons (Fsp3) is 0.368. The number of benzene rings is 1. The van der Waals surface area contributed by atoms with E-state index in [1.54, 1.807) is 11.3 Å². The Kier molecular flexibility index (Phi) is 3.75. The number of aryl methyl sites for hydroxylation is 3. The van der Waals surface area contributed by atoms with Gasteiger partial charge in [0.2, 0.25) is 0 Å². The molecule has 8 heteroatoms. The van der Waals surface area contributed by atoms with Crippen LogP contribution >= 0.6 is 11.3 Å². The quantitative estimate of drug-likeness (QED) is 0.534. The topological polar surface area (TPSA) is 63.0 Å². The minimum atomic E-state index is 0.783. The summed E-state index contributed by atoms with van der Waals surface area (Å²) in [4.78, 5) is 18.9. The van der Waals surface area contributed by atoms with E-state index in [9.17, 15) is 0 Å². The van der Waals surface area contributed by atoms with Crippen LogP contribution in [0.5, 0.6) is 0 Å². The molecule has 4 aromatic rings. The molecule has 7 nitrogen and oxygen atoms in total. The van der Waals surface area contributed by atoms with E-state index in [1.165, 1.54) is 10.3 Å². The predicted molar refractivity (Wildman–Crippen MR) is 110 cm³/mol. The van der Waals surface area contributed by atoms with E-state index in [1.807, 2.05) is 24.9 Å². The van der Waals surface area contributed by atoms with Gasteiger partial charge in [0.15, 0.2) is 10.8 Å². The minimum absolute atomic E-state index is 0.783. The van der Waals surface area contributed by atoms with Gasteiger partial charge in [-0.2, -0.15) is 5.10 Å². The van der Waals surface area contributed by atoms with E-state index < -0.39 is 0 Å². The van der Waals surface area contributed by atoms with Crippen molar-refractivity contribution < 1.29 is 0 Å². The van der Waals surface area contributed by atoms with Crippen molar-refractivity contribution in [3.05, 3.63) is 35.8 Å². The molecule has 0 N–H and O–H groups in total. The standard InChI is InChI=1S/C19H21N7S/c1-12-5-4-6-15-16(12)23-19(27-15)26-9-7-25(8-10-26)18-14-11-20-24(3)17(14)21-13(2)22-18/h4-6,11H,7-10H2,1-3H3. The molecule has 4 heterocycles. The van der Waals surface area contributed by atoms with Crippen molar-refractivity contribution in [3.8, 4) is 0 Å². The fourth-order valence-electron chi connectivity index (χ4n) is 3.67. The van der Waals surface area contributed by atoms with Crippen LogP contribution in [0.4, 0.5) is 10.9 Å². The first kappa shape index (κ1) is 16.4. The molecule has 0 saturated carbocycles. The van der Waals surface area contributed by atoms with Crippen LogP contribution in [0.1, 0.15) is 11.4 Å². The second-order valence-corrected chi connectivity index (χ2v) is 8.00. The summed E-state index contributed by atoms with van der Waals surface area (Å²) in [6.45, 7) is 7.76. The number of anilines is 2. The first-order valence-corrected chi connectivity index (χ1v) is 9.94. The number of rotatable bonds is 2. The minimum Gasteiger partial charge on any atom is -0.352 e. The van der Waals surface area contributed by atoms with Crippen molar-refractivity contribution in [2.24, 2.45) is 7.05 Å². The molecule has 0 atom stereocenters. The number of fused-ring (bicyclic) bond motifs is 2. The van der Waals surface area contributed by atoms with Crippen LogP contribution in [0.2, 0.25) is 0 Å². The van der Waals surface area contributed by atoms with Crippen LogP contribution in [0.3, 0.4) is 0 Å². The van der Waals surface area contributed by atoms with Crippen LogP contribution in [0.15, 0.2) is 24.4 Å². The van der Waals surface area contributed by atoms with Crippen LogP contribution in [-0.4, -0.2) is 50.9 Å². The second-order valence-electron chi connectivity index (χ2n) is 6.99. The predicted octanol–water partition coefficient (Wildman–Crippen LogP) is 2.92. The summed E-state index contributed by atoms with van der Waals surface area (Å²) in [6.07, 6.45) is 1.87. The van der Waals surface area contributed by atoms with Gasteiger partial charge in [-0.15, -0.1) is 0 Å². The van der Waals surface area contributed by atoms with E-state index in [0.717, 1.165) is 59.5 Å². The molecule has 0 aliphatic carbocycles. The van der Waals surface area contributed by atoms with Crippen LogP contribution < -0.4 is 9.80 Å². The lowest BCUT2D eigenvalue weighted by Gasteiger charge is -2.35. The smallest absolute Gasteiger partial charge is 0.186 e.